The molecule has 31 heavy (non-hydrogen) atoms. The number of morpholine rings is 1. The van der Waals surface area contributed by atoms with Crippen molar-refractivity contribution in [2.45, 2.75) is 6.42 Å². The third-order valence-electron chi connectivity index (χ3n) is 5.42. The molecule has 0 spiro atoms. The van der Waals surface area contributed by atoms with E-state index in [1.54, 1.807) is 7.11 Å². The number of aromatic nitrogens is 1. The van der Waals surface area contributed by atoms with E-state index in [1.807, 2.05) is 48.5 Å². The molecule has 0 unspecified atom stereocenters. The molecule has 162 valence electrons. The van der Waals surface area contributed by atoms with Gasteiger partial charge in [-0.25, -0.2) is 4.98 Å². The molecule has 4 rings (SSSR count). The highest BCUT2D eigenvalue weighted by molar-refractivity contribution is 6.31. The van der Waals surface area contributed by atoms with E-state index in [-0.39, 0.29) is 0 Å². The van der Waals surface area contributed by atoms with Gasteiger partial charge in [0.05, 0.1) is 31.5 Å². The normalized spacial score (nSPS) is 14.9. The first-order chi connectivity index (χ1) is 15.2. The van der Waals surface area contributed by atoms with E-state index in [0.717, 1.165) is 79.4 Å². The molecule has 1 aliphatic rings. The minimum absolute atomic E-state index is 0.715. The lowest BCUT2D eigenvalue weighted by Gasteiger charge is -2.26. The van der Waals surface area contributed by atoms with Crippen molar-refractivity contribution in [1.29, 1.82) is 0 Å². The highest BCUT2D eigenvalue weighted by Crippen LogP contribution is 2.27. The van der Waals surface area contributed by atoms with Crippen LogP contribution in [0.25, 0.3) is 23.1 Å². The van der Waals surface area contributed by atoms with Crippen LogP contribution in [0.1, 0.15) is 17.7 Å². The van der Waals surface area contributed by atoms with Crippen LogP contribution >= 0.6 is 11.6 Å². The van der Waals surface area contributed by atoms with Gasteiger partial charge in [-0.15, -0.1) is 0 Å². The van der Waals surface area contributed by atoms with Crippen molar-refractivity contribution in [1.82, 2.24) is 9.88 Å². The molecule has 1 fully saturated rings. The molecule has 0 saturated carbocycles. The maximum atomic E-state index is 6.26. The Bertz CT molecular complexity index is 1030. The maximum Gasteiger partial charge on any atom is 0.118 e. The Labute approximate surface area is 188 Å². The summed E-state index contributed by atoms with van der Waals surface area (Å²) in [6.45, 7) is 5.69. The molecule has 3 aromatic rings. The zero-order valence-corrected chi connectivity index (χ0v) is 18.6. The molecule has 0 radical (unpaired) electrons. The van der Waals surface area contributed by atoms with Crippen molar-refractivity contribution >= 4 is 40.3 Å². The topological polar surface area (TPSA) is 46.6 Å². The number of rotatable bonds is 8. The summed E-state index contributed by atoms with van der Waals surface area (Å²) in [5.74, 6) is 0.849. The highest BCUT2D eigenvalue weighted by Gasteiger charge is 2.10. The monoisotopic (exact) mass is 437 g/mol. The van der Waals surface area contributed by atoms with E-state index in [9.17, 15) is 0 Å². The van der Waals surface area contributed by atoms with Crippen molar-refractivity contribution in [3.05, 3.63) is 64.8 Å². The van der Waals surface area contributed by atoms with Crippen molar-refractivity contribution in [2.75, 3.05) is 51.8 Å². The lowest BCUT2D eigenvalue weighted by Crippen LogP contribution is -2.37. The molecule has 0 amide bonds. The standard InChI is InChI=1S/C25H28ClN3O2/c1-30-22-8-4-19(5-9-22)3-7-21-18-25(23-17-20(26)6-10-24(23)28-21)27-11-2-12-29-13-15-31-16-14-29/h3-10,17-18H,2,11-16H2,1H3,(H,27,28)/b7-3+. The fraction of sp³-hybridized carbons (Fsp3) is 0.320. The molecule has 1 saturated heterocycles. The Morgan fingerprint density at radius 3 is 2.68 bits per heavy atom. The summed E-state index contributed by atoms with van der Waals surface area (Å²) < 4.78 is 10.7. The summed E-state index contributed by atoms with van der Waals surface area (Å²) in [6, 6.07) is 15.9. The van der Waals surface area contributed by atoms with Crippen LogP contribution in [0.2, 0.25) is 5.02 Å². The highest BCUT2D eigenvalue weighted by atomic mass is 35.5. The second-order valence-electron chi connectivity index (χ2n) is 7.60. The minimum Gasteiger partial charge on any atom is -0.497 e. The van der Waals surface area contributed by atoms with E-state index < -0.39 is 0 Å². The third kappa shape index (κ3) is 5.97. The van der Waals surface area contributed by atoms with Gasteiger partial charge < -0.3 is 14.8 Å². The van der Waals surface area contributed by atoms with Gasteiger partial charge in [-0.05, 0) is 61.0 Å². The number of ether oxygens (including phenoxy) is 2. The first kappa shape index (κ1) is 21.6. The average Bonchev–Trinajstić information content (AvgIpc) is 2.81. The molecular formula is C25H28ClN3O2. The maximum absolute atomic E-state index is 6.26. The summed E-state index contributed by atoms with van der Waals surface area (Å²) in [6.07, 6.45) is 5.17. The van der Waals surface area contributed by atoms with Crippen molar-refractivity contribution in [3.63, 3.8) is 0 Å². The van der Waals surface area contributed by atoms with Crippen LogP contribution in [-0.2, 0) is 4.74 Å². The van der Waals surface area contributed by atoms with Crippen LogP contribution in [0.4, 0.5) is 5.69 Å². The van der Waals surface area contributed by atoms with E-state index >= 15 is 0 Å². The molecule has 2 aromatic carbocycles. The smallest absolute Gasteiger partial charge is 0.118 e. The van der Waals surface area contributed by atoms with Gasteiger partial charge in [0.1, 0.15) is 5.75 Å². The number of hydrogen-bond donors (Lipinski definition) is 1. The SMILES string of the molecule is COc1ccc(/C=C/c2cc(NCCCN3CCOCC3)c3cc(Cl)ccc3n2)cc1. The van der Waals surface area contributed by atoms with Crippen LogP contribution in [0.3, 0.4) is 0 Å². The van der Waals surface area contributed by atoms with Crippen molar-refractivity contribution in [3.8, 4) is 5.75 Å². The number of pyridine rings is 1. The predicted molar refractivity (Wildman–Crippen MR) is 129 cm³/mol. The fourth-order valence-corrected chi connectivity index (χ4v) is 3.87. The summed E-state index contributed by atoms with van der Waals surface area (Å²) in [4.78, 5) is 7.25. The largest absolute Gasteiger partial charge is 0.497 e. The summed E-state index contributed by atoms with van der Waals surface area (Å²) >= 11 is 6.26. The number of methoxy groups -OCH3 is 1. The summed E-state index contributed by atoms with van der Waals surface area (Å²) in [5.41, 5.74) is 3.99. The molecule has 0 atom stereocenters. The van der Waals surface area contributed by atoms with Crippen LogP contribution < -0.4 is 10.1 Å². The first-order valence-electron chi connectivity index (χ1n) is 10.7. The minimum atomic E-state index is 0.715. The molecule has 5 nitrogen and oxygen atoms in total. The third-order valence-corrected chi connectivity index (χ3v) is 5.66. The van der Waals surface area contributed by atoms with Gasteiger partial charge in [-0.2, -0.15) is 0 Å². The number of halogens is 1. The summed E-state index contributed by atoms with van der Waals surface area (Å²) in [7, 11) is 1.67. The number of anilines is 1. The Morgan fingerprint density at radius 1 is 1.10 bits per heavy atom. The van der Waals surface area contributed by atoms with E-state index in [4.69, 9.17) is 26.1 Å². The quantitative estimate of drug-likeness (QED) is 0.490. The van der Waals surface area contributed by atoms with Crippen LogP contribution in [-0.4, -0.2) is 56.4 Å². The average molecular weight is 438 g/mol. The molecule has 1 aliphatic heterocycles. The molecule has 0 bridgehead atoms. The van der Waals surface area contributed by atoms with Gasteiger partial charge >= 0.3 is 0 Å². The number of nitrogens with one attached hydrogen (secondary N) is 1. The van der Waals surface area contributed by atoms with E-state index in [0.29, 0.717) is 5.02 Å². The van der Waals surface area contributed by atoms with Gasteiger partial charge in [0, 0.05) is 35.7 Å². The zero-order chi connectivity index (χ0) is 21.5. The number of nitrogens with zero attached hydrogens (tertiary/aromatic N) is 2. The van der Waals surface area contributed by atoms with E-state index in [1.165, 1.54) is 0 Å². The predicted octanol–water partition coefficient (Wildman–Crippen LogP) is 5.20. The van der Waals surface area contributed by atoms with Crippen molar-refractivity contribution < 1.29 is 9.47 Å². The fourth-order valence-electron chi connectivity index (χ4n) is 3.70. The Kier molecular flexibility index (Phi) is 7.41. The lowest BCUT2D eigenvalue weighted by molar-refractivity contribution is 0.0378. The van der Waals surface area contributed by atoms with Crippen molar-refractivity contribution in [2.24, 2.45) is 0 Å². The summed E-state index contributed by atoms with van der Waals surface area (Å²) in [5, 5.41) is 5.36. The molecular weight excluding hydrogens is 410 g/mol. The number of fused-ring (bicyclic) bond motifs is 1. The van der Waals surface area contributed by atoms with Gasteiger partial charge in [0.15, 0.2) is 0 Å². The van der Waals surface area contributed by atoms with Gasteiger partial charge in [0.25, 0.3) is 0 Å². The Hall–Kier alpha value is -2.60. The van der Waals surface area contributed by atoms with Gasteiger partial charge in [-0.1, -0.05) is 29.8 Å². The molecule has 1 aromatic heterocycles. The second-order valence-corrected chi connectivity index (χ2v) is 8.03. The first-order valence-corrected chi connectivity index (χ1v) is 11.1. The molecule has 2 heterocycles. The van der Waals surface area contributed by atoms with Crippen LogP contribution in [0.5, 0.6) is 5.75 Å². The number of benzene rings is 2. The van der Waals surface area contributed by atoms with Crippen LogP contribution in [0.15, 0.2) is 48.5 Å². The Balaban J connectivity index is 1.48. The molecule has 0 aliphatic carbocycles. The number of hydrogen-bond acceptors (Lipinski definition) is 5. The Morgan fingerprint density at radius 2 is 1.90 bits per heavy atom. The van der Waals surface area contributed by atoms with Gasteiger partial charge in [0.2, 0.25) is 0 Å². The lowest BCUT2D eigenvalue weighted by atomic mass is 10.1. The van der Waals surface area contributed by atoms with Gasteiger partial charge in [-0.3, -0.25) is 4.90 Å². The molecule has 1 N–H and O–H groups in total. The molecule has 6 heteroatoms. The van der Waals surface area contributed by atoms with Crippen LogP contribution in [0, 0.1) is 0 Å². The van der Waals surface area contributed by atoms with E-state index in [2.05, 4.69) is 22.4 Å². The zero-order valence-electron chi connectivity index (χ0n) is 17.8. The second kappa shape index (κ2) is 10.6.